The van der Waals surface area contributed by atoms with Crippen molar-refractivity contribution in [2.75, 3.05) is 0 Å². The number of hydrogen-bond acceptors (Lipinski definition) is 3. The molecule has 0 aromatic carbocycles. The van der Waals surface area contributed by atoms with E-state index in [0.717, 1.165) is 12.8 Å². The molecule has 3 unspecified atom stereocenters. The number of carbonyl (C=O) groups excluding carboxylic acids is 1. The Morgan fingerprint density at radius 3 is 2.32 bits per heavy atom. The molecule has 0 radical (unpaired) electrons. The molecule has 1 saturated carbocycles. The van der Waals surface area contributed by atoms with Crippen LogP contribution < -0.4 is 0 Å². The molecule has 0 saturated heterocycles. The van der Waals surface area contributed by atoms with E-state index in [9.17, 15) is 4.79 Å². The van der Waals surface area contributed by atoms with Gasteiger partial charge in [-0.1, -0.05) is 20.8 Å². The zero-order valence-electron chi connectivity index (χ0n) is 13.6. The lowest BCUT2D eigenvalue weighted by molar-refractivity contribution is -0.173. The summed E-state index contributed by atoms with van der Waals surface area (Å²) in [7, 11) is 0. The molecular formula is C16H30O3. The van der Waals surface area contributed by atoms with Crippen molar-refractivity contribution in [1.82, 2.24) is 0 Å². The summed E-state index contributed by atoms with van der Waals surface area (Å²) in [5.41, 5.74) is -0.149. The molecule has 1 aliphatic carbocycles. The molecule has 0 heterocycles. The predicted molar refractivity (Wildman–Crippen MR) is 77.0 cm³/mol. The third kappa shape index (κ3) is 5.94. The second kappa shape index (κ2) is 5.82. The van der Waals surface area contributed by atoms with E-state index in [1.807, 2.05) is 20.8 Å². The first kappa shape index (κ1) is 16.5. The summed E-state index contributed by atoms with van der Waals surface area (Å²) >= 11 is 0. The van der Waals surface area contributed by atoms with Crippen molar-refractivity contribution in [3.8, 4) is 0 Å². The van der Waals surface area contributed by atoms with Gasteiger partial charge in [0.15, 0.2) is 6.10 Å². The van der Waals surface area contributed by atoms with Gasteiger partial charge < -0.3 is 9.47 Å². The van der Waals surface area contributed by atoms with E-state index in [1.165, 1.54) is 6.42 Å². The van der Waals surface area contributed by atoms with Crippen LogP contribution in [0.15, 0.2) is 0 Å². The van der Waals surface area contributed by atoms with Gasteiger partial charge in [-0.3, -0.25) is 0 Å². The highest BCUT2D eigenvalue weighted by molar-refractivity contribution is 5.74. The summed E-state index contributed by atoms with van der Waals surface area (Å²) < 4.78 is 11.3. The van der Waals surface area contributed by atoms with E-state index in [4.69, 9.17) is 9.47 Å². The zero-order valence-corrected chi connectivity index (χ0v) is 13.6. The minimum absolute atomic E-state index is 0.168. The van der Waals surface area contributed by atoms with Gasteiger partial charge in [-0.05, 0) is 58.3 Å². The minimum Gasteiger partial charge on any atom is -0.458 e. The number of rotatable bonds is 3. The van der Waals surface area contributed by atoms with Gasteiger partial charge in [0.2, 0.25) is 0 Å². The Labute approximate surface area is 118 Å². The third-order valence-corrected chi connectivity index (χ3v) is 3.48. The van der Waals surface area contributed by atoms with Crippen LogP contribution in [-0.2, 0) is 14.3 Å². The highest BCUT2D eigenvalue weighted by Crippen LogP contribution is 2.40. The molecule has 3 heteroatoms. The van der Waals surface area contributed by atoms with Gasteiger partial charge in [0.05, 0.1) is 6.10 Å². The molecule has 3 nitrogen and oxygen atoms in total. The lowest BCUT2D eigenvalue weighted by Gasteiger charge is -2.39. The Balaban J connectivity index is 2.52. The summed E-state index contributed by atoms with van der Waals surface area (Å²) in [4.78, 5) is 11.9. The average molecular weight is 270 g/mol. The maximum Gasteiger partial charge on any atom is 0.335 e. The fourth-order valence-electron chi connectivity index (χ4n) is 3.09. The smallest absolute Gasteiger partial charge is 0.335 e. The van der Waals surface area contributed by atoms with Crippen molar-refractivity contribution < 1.29 is 14.3 Å². The molecule has 0 aromatic rings. The van der Waals surface area contributed by atoms with E-state index in [-0.39, 0.29) is 12.1 Å². The van der Waals surface area contributed by atoms with Crippen LogP contribution in [0.25, 0.3) is 0 Å². The first-order valence-corrected chi connectivity index (χ1v) is 7.37. The van der Waals surface area contributed by atoms with Gasteiger partial charge in [-0.25, -0.2) is 4.79 Å². The number of ether oxygens (including phenoxy) is 2. The van der Waals surface area contributed by atoms with Gasteiger partial charge in [-0.2, -0.15) is 0 Å². The van der Waals surface area contributed by atoms with Crippen LogP contribution in [-0.4, -0.2) is 23.8 Å². The lowest BCUT2D eigenvalue weighted by atomic mass is 9.71. The highest BCUT2D eigenvalue weighted by Gasteiger charge is 2.34. The SMILES string of the molecule is CC1CC(OC(C)C(=O)OC(C)(C)C)CC(C)(C)C1. The molecule has 0 spiro atoms. The standard InChI is InChI=1S/C16H30O3/c1-11-8-13(10-16(6,7)9-11)18-12(2)14(17)19-15(3,4)5/h11-13H,8-10H2,1-7H3. The minimum atomic E-state index is -0.481. The van der Waals surface area contributed by atoms with Crippen molar-refractivity contribution in [3.63, 3.8) is 0 Å². The van der Waals surface area contributed by atoms with Crippen LogP contribution in [0.3, 0.4) is 0 Å². The van der Waals surface area contributed by atoms with Gasteiger partial charge in [0.25, 0.3) is 0 Å². The van der Waals surface area contributed by atoms with Crippen molar-refractivity contribution in [2.45, 2.75) is 85.5 Å². The molecule has 1 rings (SSSR count). The normalized spacial score (nSPS) is 28.8. The van der Waals surface area contributed by atoms with E-state index in [0.29, 0.717) is 11.3 Å². The summed E-state index contributed by atoms with van der Waals surface area (Å²) in [5, 5.41) is 0. The quantitative estimate of drug-likeness (QED) is 0.728. The second-order valence-corrected chi connectivity index (χ2v) is 7.85. The number of hydrogen-bond donors (Lipinski definition) is 0. The summed E-state index contributed by atoms with van der Waals surface area (Å²) in [6.07, 6.45) is 2.97. The Bertz CT molecular complexity index is 314. The van der Waals surface area contributed by atoms with E-state index < -0.39 is 11.7 Å². The summed E-state index contributed by atoms with van der Waals surface area (Å²) in [5.74, 6) is 0.392. The fourth-order valence-corrected chi connectivity index (χ4v) is 3.09. The van der Waals surface area contributed by atoms with Gasteiger partial charge in [-0.15, -0.1) is 0 Å². The monoisotopic (exact) mass is 270 g/mol. The fraction of sp³-hybridized carbons (Fsp3) is 0.938. The molecular weight excluding hydrogens is 240 g/mol. The van der Waals surface area contributed by atoms with Crippen LogP contribution in [0.2, 0.25) is 0 Å². The van der Waals surface area contributed by atoms with Crippen molar-refractivity contribution in [1.29, 1.82) is 0 Å². The Morgan fingerprint density at radius 1 is 1.26 bits per heavy atom. The predicted octanol–water partition coefficient (Wildman–Crippen LogP) is 3.95. The summed E-state index contributed by atoms with van der Waals surface area (Å²) in [6, 6.07) is 0. The molecule has 0 aliphatic heterocycles. The molecule has 112 valence electrons. The third-order valence-electron chi connectivity index (χ3n) is 3.48. The Morgan fingerprint density at radius 2 is 1.84 bits per heavy atom. The van der Waals surface area contributed by atoms with Crippen molar-refractivity contribution in [3.05, 3.63) is 0 Å². The van der Waals surface area contributed by atoms with E-state index >= 15 is 0 Å². The second-order valence-electron chi connectivity index (χ2n) is 7.85. The van der Waals surface area contributed by atoms with Gasteiger partial charge in [0, 0.05) is 0 Å². The molecule has 0 aromatic heterocycles. The molecule has 19 heavy (non-hydrogen) atoms. The first-order chi connectivity index (χ1) is 8.48. The van der Waals surface area contributed by atoms with Crippen LogP contribution in [0.1, 0.15) is 67.7 Å². The number of esters is 1. The maximum atomic E-state index is 11.9. The number of carbonyl (C=O) groups is 1. The lowest BCUT2D eigenvalue weighted by Crippen LogP contribution is -2.38. The molecule has 0 bridgehead atoms. The molecule has 0 amide bonds. The molecule has 1 aliphatic rings. The topological polar surface area (TPSA) is 35.5 Å². The Hall–Kier alpha value is -0.570. The average Bonchev–Trinajstić information content (AvgIpc) is 2.10. The molecule has 3 atom stereocenters. The van der Waals surface area contributed by atoms with Gasteiger partial charge in [0.1, 0.15) is 5.60 Å². The maximum absolute atomic E-state index is 11.9. The van der Waals surface area contributed by atoms with Crippen molar-refractivity contribution in [2.24, 2.45) is 11.3 Å². The molecule has 0 N–H and O–H groups in total. The highest BCUT2D eigenvalue weighted by atomic mass is 16.6. The van der Waals surface area contributed by atoms with Crippen molar-refractivity contribution >= 4 is 5.97 Å². The van der Waals surface area contributed by atoms with E-state index in [1.54, 1.807) is 6.92 Å². The van der Waals surface area contributed by atoms with Crippen LogP contribution in [0.4, 0.5) is 0 Å². The van der Waals surface area contributed by atoms with Gasteiger partial charge >= 0.3 is 5.97 Å². The van der Waals surface area contributed by atoms with Crippen LogP contribution >= 0.6 is 0 Å². The zero-order chi connectivity index (χ0) is 14.8. The Kier molecular flexibility index (Phi) is 5.05. The largest absolute Gasteiger partial charge is 0.458 e. The van der Waals surface area contributed by atoms with E-state index in [2.05, 4.69) is 20.8 Å². The summed E-state index contributed by atoms with van der Waals surface area (Å²) in [6.45, 7) is 14.2. The first-order valence-electron chi connectivity index (χ1n) is 7.37. The van der Waals surface area contributed by atoms with Crippen LogP contribution in [0.5, 0.6) is 0 Å². The van der Waals surface area contributed by atoms with Crippen LogP contribution in [0, 0.1) is 11.3 Å². The molecule has 1 fully saturated rings.